The van der Waals surface area contributed by atoms with Crippen molar-refractivity contribution in [2.75, 3.05) is 19.8 Å². The minimum Gasteiger partial charge on any atom is -0.393 e. The fourth-order valence-electron chi connectivity index (χ4n) is 1.97. The van der Waals surface area contributed by atoms with Crippen LogP contribution in [0.2, 0.25) is 0 Å². The van der Waals surface area contributed by atoms with Gasteiger partial charge < -0.3 is 14.6 Å². The SMILES string of the molecule is OCC1(COCc2ccccc2)CCCO1. The predicted molar refractivity (Wildman–Crippen MR) is 61.1 cm³/mol. The van der Waals surface area contributed by atoms with Gasteiger partial charge in [0.05, 0.1) is 19.8 Å². The Morgan fingerprint density at radius 1 is 1.31 bits per heavy atom. The number of ether oxygens (including phenoxy) is 2. The zero-order chi connectivity index (χ0) is 11.3. The first-order valence-electron chi connectivity index (χ1n) is 5.71. The highest BCUT2D eigenvalue weighted by Crippen LogP contribution is 2.25. The second-order valence-electron chi connectivity index (χ2n) is 4.27. The minimum atomic E-state index is -0.450. The molecule has 1 fully saturated rings. The Labute approximate surface area is 96.0 Å². The van der Waals surface area contributed by atoms with Gasteiger partial charge in [0.2, 0.25) is 0 Å². The van der Waals surface area contributed by atoms with Crippen molar-refractivity contribution < 1.29 is 14.6 Å². The summed E-state index contributed by atoms with van der Waals surface area (Å²) < 4.78 is 11.2. The summed E-state index contributed by atoms with van der Waals surface area (Å²) in [6.45, 7) is 1.82. The van der Waals surface area contributed by atoms with Gasteiger partial charge in [0, 0.05) is 6.61 Å². The normalized spacial score (nSPS) is 24.8. The lowest BCUT2D eigenvalue weighted by Gasteiger charge is -2.25. The topological polar surface area (TPSA) is 38.7 Å². The van der Waals surface area contributed by atoms with Crippen molar-refractivity contribution in [2.24, 2.45) is 0 Å². The lowest BCUT2D eigenvalue weighted by Crippen LogP contribution is -2.37. The first-order valence-corrected chi connectivity index (χ1v) is 5.71. The van der Waals surface area contributed by atoms with Gasteiger partial charge in [-0.05, 0) is 18.4 Å². The molecule has 0 amide bonds. The summed E-state index contributed by atoms with van der Waals surface area (Å²) >= 11 is 0. The van der Waals surface area contributed by atoms with E-state index in [9.17, 15) is 5.11 Å². The van der Waals surface area contributed by atoms with Gasteiger partial charge >= 0.3 is 0 Å². The van der Waals surface area contributed by atoms with Crippen LogP contribution in [0.15, 0.2) is 30.3 Å². The van der Waals surface area contributed by atoms with Crippen molar-refractivity contribution in [3.05, 3.63) is 35.9 Å². The van der Waals surface area contributed by atoms with Gasteiger partial charge in [0.15, 0.2) is 0 Å². The molecule has 16 heavy (non-hydrogen) atoms. The molecule has 0 saturated carbocycles. The van der Waals surface area contributed by atoms with Crippen LogP contribution in [-0.4, -0.2) is 30.5 Å². The average molecular weight is 222 g/mol. The molecular formula is C13H18O3. The van der Waals surface area contributed by atoms with Gasteiger partial charge in [-0.2, -0.15) is 0 Å². The first kappa shape index (κ1) is 11.6. The summed E-state index contributed by atoms with van der Waals surface area (Å²) in [7, 11) is 0. The van der Waals surface area contributed by atoms with Crippen molar-refractivity contribution in [1.82, 2.24) is 0 Å². The first-order chi connectivity index (χ1) is 7.85. The molecule has 1 N–H and O–H groups in total. The van der Waals surface area contributed by atoms with Crippen LogP contribution in [0.4, 0.5) is 0 Å². The molecule has 1 heterocycles. The minimum absolute atomic E-state index is 0.0434. The van der Waals surface area contributed by atoms with Gasteiger partial charge in [-0.25, -0.2) is 0 Å². The number of aliphatic hydroxyl groups is 1. The maximum atomic E-state index is 9.31. The van der Waals surface area contributed by atoms with E-state index in [0.717, 1.165) is 25.0 Å². The summed E-state index contributed by atoms with van der Waals surface area (Å²) in [6.07, 6.45) is 1.90. The number of rotatable bonds is 5. The molecule has 0 bridgehead atoms. The molecule has 1 atom stereocenters. The van der Waals surface area contributed by atoms with E-state index in [0.29, 0.717) is 13.2 Å². The van der Waals surface area contributed by atoms with Crippen LogP contribution in [-0.2, 0) is 16.1 Å². The van der Waals surface area contributed by atoms with Crippen molar-refractivity contribution in [1.29, 1.82) is 0 Å². The van der Waals surface area contributed by atoms with Crippen LogP contribution >= 0.6 is 0 Å². The molecule has 0 aromatic heterocycles. The third-order valence-electron chi connectivity index (χ3n) is 2.95. The summed E-state index contributed by atoms with van der Waals surface area (Å²) in [5.74, 6) is 0. The highest BCUT2D eigenvalue weighted by atomic mass is 16.6. The molecule has 1 aliphatic heterocycles. The Hall–Kier alpha value is -0.900. The Bertz CT molecular complexity index is 304. The molecule has 2 rings (SSSR count). The van der Waals surface area contributed by atoms with Crippen LogP contribution < -0.4 is 0 Å². The molecule has 1 aliphatic rings. The highest BCUT2D eigenvalue weighted by Gasteiger charge is 2.34. The molecule has 0 radical (unpaired) electrons. The van der Waals surface area contributed by atoms with E-state index in [4.69, 9.17) is 9.47 Å². The molecule has 88 valence electrons. The highest BCUT2D eigenvalue weighted by molar-refractivity contribution is 5.13. The second kappa shape index (κ2) is 5.43. The standard InChI is InChI=1S/C13H18O3/c14-10-13(7-4-8-16-13)11-15-9-12-5-2-1-3-6-12/h1-3,5-6,14H,4,7-11H2. The zero-order valence-electron chi connectivity index (χ0n) is 9.39. The third-order valence-corrected chi connectivity index (χ3v) is 2.95. The smallest absolute Gasteiger partial charge is 0.114 e. The monoisotopic (exact) mass is 222 g/mol. The van der Waals surface area contributed by atoms with Gasteiger partial charge in [0.25, 0.3) is 0 Å². The lowest BCUT2D eigenvalue weighted by atomic mass is 10.0. The summed E-state index contributed by atoms with van der Waals surface area (Å²) in [4.78, 5) is 0. The predicted octanol–water partition coefficient (Wildman–Crippen LogP) is 1.74. The molecule has 1 aromatic carbocycles. The molecule has 1 unspecified atom stereocenters. The lowest BCUT2D eigenvalue weighted by molar-refractivity contribution is -0.0947. The molecule has 3 heteroatoms. The van der Waals surface area contributed by atoms with Crippen LogP contribution in [0.3, 0.4) is 0 Å². The van der Waals surface area contributed by atoms with Crippen molar-refractivity contribution >= 4 is 0 Å². The van der Waals surface area contributed by atoms with E-state index in [1.165, 1.54) is 0 Å². The van der Waals surface area contributed by atoms with Gasteiger partial charge in [-0.1, -0.05) is 30.3 Å². The number of hydrogen-bond donors (Lipinski definition) is 1. The summed E-state index contributed by atoms with van der Waals surface area (Å²) in [6, 6.07) is 10.0. The largest absolute Gasteiger partial charge is 0.393 e. The van der Waals surface area contributed by atoms with Gasteiger partial charge in [0.1, 0.15) is 5.60 Å². The molecule has 1 aromatic rings. The Balaban J connectivity index is 1.79. The van der Waals surface area contributed by atoms with Crippen molar-refractivity contribution in [3.8, 4) is 0 Å². The van der Waals surface area contributed by atoms with Crippen LogP contribution in [0, 0.1) is 0 Å². The molecular weight excluding hydrogens is 204 g/mol. The average Bonchev–Trinajstić information content (AvgIpc) is 2.80. The molecule has 0 aliphatic carbocycles. The number of benzene rings is 1. The second-order valence-corrected chi connectivity index (χ2v) is 4.27. The fraction of sp³-hybridized carbons (Fsp3) is 0.538. The van der Waals surface area contributed by atoms with E-state index in [-0.39, 0.29) is 6.61 Å². The van der Waals surface area contributed by atoms with Gasteiger partial charge in [-0.3, -0.25) is 0 Å². The van der Waals surface area contributed by atoms with Crippen molar-refractivity contribution in [2.45, 2.75) is 25.0 Å². The van der Waals surface area contributed by atoms with E-state index in [1.54, 1.807) is 0 Å². The summed E-state index contributed by atoms with van der Waals surface area (Å²) in [5, 5.41) is 9.31. The number of aliphatic hydroxyl groups excluding tert-OH is 1. The van der Waals surface area contributed by atoms with E-state index < -0.39 is 5.60 Å². The van der Waals surface area contributed by atoms with E-state index in [1.807, 2.05) is 30.3 Å². The van der Waals surface area contributed by atoms with Crippen molar-refractivity contribution in [3.63, 3.8) is 0 Å². The third kappa shape index (κ3) is 2.82. The number of hydrogen-bond acceptors (Lipinski definition) is 3. The molecule has 0 spiro atoms. The fourth-order valence-corrected chi connectivity index (χ4v) is 1.97. The maximum absolute atomic E-state index is 9.31. The van der Waals surface area contributed by atoms with Gasteiger partial charge in [-0.15, -0.1) is 0 Å². The Kier molecular flexibility index (Phi) is 3.93. The molecule has 1 saturated heterocycles. The quantitative estimate of drug-likeness (QED) is 0.824. The van der Waals surface area contributed by atoms with Crippen LogP contribution in [0.25, 0.3) is 0 Å². The summed E-state index contributed by atoms with van der Waals surface area (Å²) in [5.41, 5.74) is 0.697. The maximum Gasteiger partial charge on any atom is 0.114 e. The Morgan fingerprint density at radius 3 is 2.75 bits per heavy atom. The zero-order valence-corrected chi connectivity index (χ0v) is 9.39. The van der Waals surface area contributed by atoms with E-state index >= 15 is 0 Å². The molecule has 3 nitrogen and oxygen atoms in total. The van der Waals surface area contributed by atoms with Crippen LogP contribution in [0.5, 0.6) is 0 Å². The van der Waals surface area contributed by atoms with Crippen LogP contribution in [0.1, 0.15) is 18.4 Å². The Morgan fingerprint density at radius 2 is 2.12 bits per heavy atom. The van der Waals surface area contributed by atoms with E-state index in [2.05, 4.69) is 0 Å².